The summed E-state index contributed by atoms with van der Waals surface area (Å²) in [5, 5.41) is 4.44. The lowest BCUT2D eigenvalue weighted by Gasteiger charge is -2.22. The molecule has 1 aliphatic carbocycles. The zero-order chi connectivity index (χ0) is 13.4. The highest BCUT2D eigenvalue weighted by Gasteiger charge is 2.31. The Balaban J connectivity index is 1.71. The Hall–Kier alpha value is -1.77. The fraction of sp³-hybridized carbons (Fsp3) is 0.471. The van der Waals surface area contributed by atoms with Crippen LogP contribution in [0.25, 0.3) is 0 Å². The summed E-state index contributed by atoms with van der Waals surface area (Å²) in [5.74, 6) is 1.47. The molecule has 2 aromatic rings. The van der Waals surface area contributed by atoms with E-state index in [2.05, 4.69) is 40.4 Å². The van der Waals surface area contributed by atoms with Gasteiger partial charge < -0.3 is 9.42 Å². The SMILES string of the molecule is c1ccc(C2CCCc3c2noc3N2CCCC2)cc1. The van der Waals surface area contributed by atoms with Gasteiger partial charge in [-0.1, -0.05) is 35.5 Å². The van der Waals surface area contributed by atoms with E-state index in [9.17, 15) is 0 Å². The molecule has 1 saturated heterocycles. The molecule has 1 atom stereocenters. The highest BCUT2D eigenvalue weighted by molar-refractivity contribution is 5.50. The van der Waals surface area contributed by atoms with Crippen LogP contribution in [0.3, 0.4) is 0 Å². The molecule has 0 spiro atoms. The highest BCUT2D eigenvalue weighted by Crippen LogP contribution is 2.40. The molecular formula is C17H20N2O. The quantitative estimate of drug-likeness (QED) is 0.831. The van der Waals surface area contributed by atoms with E-state index in [4.69, 9.17) is 4.52 Å². The fourth-order valence-corrected chi connectivity index (χ4v) is 3.62. The van der Waals surface area contributed by atoms with E-state index in [1.165, 1.54) is 42.5 Å². The summed E-state index contributed by atoms with van der Waals surface area (Å²) in [7, 11) is 0. The molecule has 0 bridgehead atoms. The van der Waals surface area contributed by atoms with E-state index in [0.29, 0.717) is 5.92 Å². The van der Waals surface area contributed by atoms with E-state index >= 15 is 0 Å². The number of fused-ring (bicyclic) bond motifs is 1. The third kappa shape index (κ3) is 1.92. The van der Waals surface area contributed by atoms with Crippen LogP contribution in [0.2, 0.25) is 0 Å². The average molecular weight is 268 g/mol. The molecule has 2 aliphatic rings. The van der Waals surface area contributed by atoms with Crippen LogP contribution in [0.5, 0.6) is 0 Å². The van der Waals surface area contributed by atoms with Crippen LogP contribution in [-0.2, 0) is 6.42 Å². The minimum Gasteiger partial charge on any atom is -0.340 e. The second-order valence-electron chi connectivity index (χ2n) is 5.90. The molecule has 1 aliphatic heterocycles. The van der Waals surface area contributed by atoms with Crippen molar-refractivity contribution in [3.05, 3.63) is 47.2 Å². The monoisotopic (exact) mass is 268 g/mol. The van der Waals surface area contributed by atoms with Crippen molar-refractivity contribution in [3.8, 4) is 0 Å². The molecule has 0 saturated carbocycles. The molecule has 1 unspecified atom stereocenters. The van der Waals surface area contributed by atoms with Gasteiger partial charge in [-0.3, -0.25) is 0 Å². The summed E-state index contributed by atoms with van der Waals surface area (Å²) in [6.45, 7) is 2.25. The molecule has 0 N–H and O–H groups in total. The summed E-state index contributed by atoms with van der Waals surface area (Å²) in [4.78, 5) is 2.37. The highest BCUT2D eigenvalue weighted by atomic mass is 16.5. The zero-order valence-corrected chi connectivity index (χ0v) is 11.7. The van der Waals surface area contributed by atoms with E-state index in [-0.39, 0.29) is 0 Å². The topological polar surface area (TPSA) is 29.3 Å². The van der Waals surface area contributed by atoms with Crippen LogP contribution in [0, 0.1) is 0 Å². The molecule has 2 heterocycles. The van der Waals surface area contributed by atoms with Gasteiger partial charge in [0, 0.05) is 24.6 Å². The minimum absolute atomic E-state index is 0.417. The minimum atomic E-state index is 0.417. The van der Waals surface area contributed by atoms with Crippen LogP contribution in [0.4, 0.5) is 5.88 Å². The van der Waals surface area contributed by atoms with Crippen LogP contribution >= 0.6 is 0 Å². The number of hydrogen-bond acceptors (Lipinski definition) is 3. The van der Waals surface area contributed by atoms with E-state index in [1.54, 1.807) is 0 Å². The van der Waals surface area contributed by atoms with Gasteiger partial charge >= 0.3 is 0 Å². The van der Waals surface area contributed by atoms with Gasteiger partial charge in [0.05, 0.1) is 5.69 Å². The fourth-order valence-electron chi connectivity index (χ4n) is 3.62. The Morgan fingerprint density at radius 3 is 2.65 bits per heavy atom. The Morgan fingerprint density at radius 1 is 1.05 bits per heavy atom. The van der Waals surface area contributed by atoms with Crippen LogP contribution in [0.1, 0.15) is 48.4 Å². The molecule has 104 valence electrons. The average Bonchev–Trinajstić information content (AvgIpc) is 3.16. The predicted molar refractivity (Wildman–Crippen MR) is 79.2 cm³/mol. The Bertz CT molecular complexity index is 584. The molecule has 1 fully saturated rings. The molecule has 3 nitrogen and oxygen atoms in total. The van der Waals surface area contributed by atoms with E-state index in [0.717, 1.165) is 25.4 Å². The largest absolute Gasteiger partial charge is 0.340 e. The molecule has 4 rings (SSSR count). The molecule has 0 radical (unpaired) electrons. The van der Waals surface area contributed by atoms with Gasteiger partial charge in [0.25, 0.3) is 0 Å². The number of rotatable bonds is 2. The van der Waals surface area contributed by atoms with Gasteiger partial charge in [-0.05, 0) is 37.7 Å². The number of nitrogens with zero attached hydrogens (tertiary/aromatic N) is 2. The van der Waals surface area contributed by atoms with Crippen molar-refractivity contribution in [2.75, 3.05) is 18.0 Å². The Labute approximate surface area is 119 Å². The molecular weight excluding hydrogens is 248 g/mol. The van der Waals surface area contributed by atoms with Crippen molar-refractivity contribution in [1.82, 2.24) is 5.16 Å². The molecule has 1 aromatic heterocycles. The first kappa shape index (κ1) is 12.0. The lowest BCUT2D eigenvalue weighted by Crippen LogP contribution is -2.19. The van der Waals surface area contributed by atoms with Crippen molar-refractivity contribution >= 4 is 5.88 Å². The second kappa shape index (κ2) is 4.97. The van der Waals surface area contributed by atoms with Crippen molar-refractivity contribution in [1.29, 1.82) is 0 Å². The normalized spacial score (nSPS) is 22.0. The number of benzene rings is 1. The van der Waals surface area contributed by atoms with Crippen LogP contribution in [0.15, 0.2) is 34.9 Å². The first-order chi connectivity index (χ1) is 9.93. The summed E-state index contributed by atoms with van der Waals surface area (Å²) >= 11 is 0. The first-order valence-corrected chi connectivity index (χ1v) is 7.72. The van der Waals surface area contributed by atoms with Gasteiger partial charge in [0.2, 0.25) is 5.88 Å². The standard InChI is InChI=1S/C17H20N2O/c1-2-7-13(8-3-1)14-9-6-10-15-16(14)18-20-17(15)19-11-4-5-12-19/h1-3,7-8,14H,4-6,9-12H2. The summed E-state index contributed by atoms with van der Waals surface area (Å²) in [6.07, 6.45) is 6.08. The van der Waals surface area contributed by atoms with Crippen LogP contribution in [-0.4, -0.2) is 18.2 Å². The van der Waals surface area contributed by atoms with E-state index in [1.807, 2.05) is 0 Å². The number of aromatic nitrogens is 1. The third-order valence-corrected chi connectivity index (χ3v) is 4.64. The van der Waals surface area contributed by atoms with Crippen LogP contribution < -0.4 is 4.90 Å². The smallest absolute Gasteiger partial charge is 0.230 e. The molecule has 20 heavy (non-hydrogen) atoms. The number of hydrogen-bond donors (Lipinski definition) is 0. The van der Waals surface area contributed by atoms with Gasteiger partial charge in [0.1, 0.15) is 0 Å². The van der Waals surface area contributed by atoms with Gasteiger partial charge in [-0.2, -0.15) is 0 Å². The van der Waals surface area contributed by atoms with Gasteiger partial charge in [0.15, 0.2) is 0 Å². The zero-order valence-electron chi connectivity index (χ0n) is 11.7. The maximum absolute atomic E-state index is 5.73. The van der Waals surface area contributed by atoms with Crippen molar-refractivity contribution in [2.24, 2.45) is 0 Å². The summed E-state index contributed by atoms with van der Waals surface area (Å²) < 4.78 is 5.73. The lowest BCUT2D eigenvalue weighted by atomic mass is 9.83. The second-order valence-corrected chi connectivity index (χ2v) is 5.90. The van der Waals surface area contributed by atoms with Crippen molar-refractivity contribution in [3.63, 3.8) is 0 Å². The van der Waals surface area contributed by atoms with Crippen molar-refractivity contribution < 1.29 is 4.52 Å². The Kier molecular flexibility index (Phi) is 2.98. The lowest BCUT2D eigenvalue weighted by molar-refractivity contribution is 0.408. The van der Waals surface area contributed by atoms with Gasteiger partial charge in [-0.15, -0.1) is 0 Å². The maximum atomic E-state index is 5.73. The molecule has 3 heteroatoms. The summed E-state index contributed by atoms with van der Waals surface area (Å²) in [5.41, 5.74) is 3.92. The van der Waals surface area contributed by atoms with E-state index < -0.39 is 0 Å². The third-order valence-electron chi connectivity index (χ3n) is 4.64. The molecule has 1 aromatic carbocycles. The van der Waals surface area contributed by atoms with Gasteiger partial charge in [-0.25, -0.2) is 0 Å². The molecule has 0 amide bonds. The predicted octanol–water partition coefficient (Wildman–Crippen LogP) is 3.74. The van der Waals surface area contributed by atoms with Crippen molar-refractivity contribution in [2.45, 2.75) is 38.0 Å². The Morgan fingerprint density at radius 2 is 1.85 bits per heavy atom. The maximum Gasteiger partial charge on any atom is 0.230 e. The first-order valence-electron chi connectivity index (χ1n) is 7.72. The number of anilines is 1. The summed E-state index contributed by atoms with van der Waals surface area (Å²) in [6, 6.07) is 10.7.